The number of nitrogens with zero attached hydrogens (tertiary/aromatic N) is 2. The number of aryl methyl sites for hydroxylation is 1. The van der Waals surface area contributed by atoms with Gasteiger partial charge in [0.05, 0.1) is 11.3 Å². The summed E-state index contributed by atoms with van der Waals surface area (Å²) in [5.74, 6) is -13.4. The van der Waals surface area contributed by atoms with Crippen molar-refractivity contribution in [3.8, 4) is 11.6 Å². The average molecular weight is 550 g/mol. The third-order valence-electron chi connectivity index (χ3n) is 4.47. The van der Waals surface area contributed by atoms with Crippen molar-refractivity contribution in [3.63, 3.8) is 0 Å². The molecule has 2 aromatic carbocycles. The summed E-state index contributed by atoms with van der Waals surface area (Å²) in [6, 6.07) is 2.51. The van der Waals surface area contributed by atoms with Crippen LogP contribution in [0.15, 0.2) is 24.3 Å². The zero-order valence-corrected chi connectivity index (χ0v) is 17.1. The number of aromatic hydroxyl groups is 1. The van der Waals surface area contributed by atoms with Crippen LogP contribution in [0.5, 0.6) is 5.88 Å². The Morgan fingerprint density at radius 3 is 1.74 bits per heavy atom. The van der Waals surface area contributed by atoms with Crippen molar-refractivity contribution in [3.05, 3.63) is 75.5 Å². The number of benzene rings is 2. The number of carbonyl (C=O) groups excluding carboxylic acids is 1. The van der Waals surface area contributed by atoms with Gasteiger partial charge in [-0.3, -0.25) is 4.79 Å². The van der Waals surface area contributed by atoms with E-state index in [0.717, 1.165) is 19.1 Å². The first kappa shape index (κ1) is 27.2. The fourth-order valence-electron chi connectivity index (χ4n) is 2.95. The van der Waals surface area contributed by atoms with Gasteiger partial charge < -0.3 is 5.11 Å². The van der Waals surface area contributed by atoms with Crippen LogP contribution in [0.1, 0.15) is 32.7 Å². The van der Waals surface area contributed by atoms with E-state index in [1.54, 1.807) is 0 Å². The molecule has 34 heavy (non-hydrogen) atoms. The molecule has 0 aliphatic heterocycles. The fourth-order valence-corrected chi connectivity index (χ4v) is 2.95. The third kappa shape index (κ3) is 4.49. The first-order valence-electron chi connectivity index (χ1n) is 8.51. The van der Waals surface area contributed by atoms with E-state index in [0.29, 0.717) is 12.1 Å². The molecule has 15 heteroatoms. The minimum atomic E-state index is -5.81. The molecular weight excluding hydrogens is 542 g/mol. The molecule has 0 fully saturated rings. The van der Waals surface area contributed by atoms with Crippen molar-refractivity contribution in [1.29, 1.82) is 0 Å². The monoisotopic (exact) mass is 549 g/mol. The molecule has 3 rings (SSSR count). The smallest absolute Gasteiger partial charge is 0.422 e. The van der Waals surface area contributed by atoms with Gasteiger partial charge in [0.2, 0.25) is 5.88 Å². The van der Waals surface area contributed by atoms with E-state index in [9.17, 15) is 53.8 Å². The summed E-state index contributed by atoms with van der Waals surface area (Å²) in [6.07, 6.45) is -10.5. The summed E-state index contributed by atoms with van der Waals surface area (Å²) in [7, 11) is 0. The van der Waals surface area contributed by atoms with Crippen LogP contribution in [0.3, 0.4) is 0 Å². The predicted octanol–water partition coefficient (Wildman–Crippen LogP) is 5.71. The Morgan fingerprint density at radius 1 is 0.853 bits per heavy atom. The molecule has 1 aromatic heterocycles. The van der Waals surface area contributed by atoms with Gasteiger partial charge in [0.25, 0.3) is 0 Å². The number of halogens is 10. The molecule has 0 aliphatic rings. The molecule has 3 aromatic rings. The molecule has 0 bridgehead atoms. The summed E-state index contributed by atoms with van der Waals surface area (Å²) in [6.45, 7) is 0.986. The van der Waals surface area contributed by atoms with Gasteiger partial charge in [-0.1, -0.05) is 12.1 Å². The maximum atomic E-state index is 14.3. The van der Waals surface area contributed by atoms with Gasteiger partial charge in [0, 0.05) is 22.6 Å². The van der Waals surface area contributed by atoms with Gasteiger partial charge in [0.15, 0.2) is 29.1 Å². The van der Waals surface area contributed by atoms with Crippen LogP contribution in [0, 0.1) is 30.2 Å². The van der Waals surface area contributed by atoms with Crippen LogP contribution in [0.2, 0.25) is 0 Å². The molecule has 0 saturated carbocycles. The Hall–Kier alpha value is -3.06. The number of hydrogen-bond acceptors (Lipinski definition) is 3. The van der Waals surface area contributed by atoms with Gasteiger partial charge in [-0.15, -0.1) is 0 Å². The molecule has 0 spiro atoms. The maximum absolute atomic E-state index is 14.3. The van der Waals surface area contributed by atoms with Crippen molar-refractivity contribution in [2.45, 2.75) is 19.3 Å². The molecule has 0 aliphatic carbocycles. The van der Waals surface area contributed by atoms with E-state index in [1.807, 2.05) is 0 Å². The Balaban J connectivity index is 0.00000408. The number of carbonyl (C=O) groups is 1. The number of alkyl halides is 6. The van der Waals surface area contributed by atoms with Gasteiger partial charge in [-0.05, 0) is 19.1 Å². The summed E-state index contributed by atoms with van der Waals surface area (Å²) in [5, 5.41) is 13.6. The summed E-state index contributed by atoms with van der Waals surface area (Å²) in [5.41, 5.74) is -7.62. The van der Waals surface area contributed by atoms with Crippen molar-refractivity contribution < 1.29 is 70.9 Å². The van der Waals surface area contributed by atoms with E-state index in [1.165, 1.54) is 0 Å². The molecule has 0 unspecified atom stereocenters. The standard InChI is InChI=1S/C19H8F10N2O2.Cu/c1-6-9(16(32)7-2-4-8(5-3-7)18(24,25)26)17(33)31(30-6)15-13(22)11(20)10(19(27,28)29)12(21)14(15)23;/h2-5,33H,1H3;. The van der Waals surface area contributed by atoms with Gasteiger partial charge in [-0.2, -0.15) is 36.1 Å². The van der Waals surface area contributed by atoms with E-state index in [2.05, 4.69) is 5.10 Å². The molecule has 0 saturated heterocycles. The molecule has 1 radical (unpaired) electrons. The average Bonchev–Trinajstić information content (AvgIpc) is 2.98. The third-order valence-corrected chi connectivity index (χ3v) is 4.47. The van der Waals surface area contributed by atoms with Crippen molar-refractivity contribution in [2.24, 2.45) is 0 Å². The topological polar surface area (TPSA) is 55.1 Å². The largest absolute Gasteiger partial charge is 0.493 e. The van der Waals surface area contributed by atoms with E-state index in [-0.39, 0.29) is 21.8 Å². The van der Waals surface area contributed by atoms with E-state index < -0.39 is 80.9 Å². The second-order valence-corrected chi connectivity index (χ2v) is 6.58. The summed E-state index contributed by atoms with van der Waals surface area (Å²) >= 11 is 0. The zero-order valence-electron chi connectivity index (χ0n) is 16.1. The second kappa shape index (κ2) is 8.95. The quantitative estimate of drug-likeness (QED) is 0.197. The van der Waals surface area contributed by atoms with Crippen LogP contribution in [-0.2, 0) is 29.4 Å². The maximum Gasteiger partial charge on any atom is 0.422 e. The zero-order chi connectivity index (χ0) is 25.0. The number of rotatable bonds is 3. The summed E-state index contributed by atoms with van der Waals surface area (Å²) in [4.78, 5) is 12.6. The van der Waals surface area contributed by atoms with Crippen LogP contribution >= 0.6 is 0 Å². The first-order valence-corrected chi connectivity index (χ1v) is 8.51. The predicted molar refractivity (Wildman–Crippen MR) is 89.7 cm³/mol. The second-order valence-electron chi connectivity index (χ2n) is 6.58. The number of ketones is 1. The Morgan fingerprint density at radius 2 is 1.32 bits per heavy atom. The molecule has 1 heterocycles. The molecule has 0 atom stereocenters. The van der Waals surface area contributed by atoms with Crippen LogP contribution < -0.4 is 0 Å². The molecule has 1 N–H and O–H groups in total. The number of hydrogen-bond donors (Lipinski definition) is 1. The minimum absolute atomic E-state index is 0. The van der Waals surface area contributed by atoms with Crippen molar-refractivity contribution in [1.82, 2.24) is 9.78 Å². The normalized spacial score (nSPS) is 12.0. The van der Waals surface area contributed by atoms with Gasteiger partial charge >= 0.3 is 12.4 Å². The first-order chi connectivity index (χ1) is 15.1. The van der Waals surface area contributed by atoms with Crippen LogP contribution in [0.4, 0.5) is 43.9 Å². The summed E-state index contributed by atoms with van der Waals surface area (Å²) < 4.78 is 132. The Labute approximate surface area is 193 Å². The SMILES string of the molecule is Cc1nn(-c2c(F)c(F)c(C(F)(F)F)c(F)c2F)c(O)c1C(=O)c1ccc(C(F)(F)F)cc1.[Cu]. The number of aromatic nitrogens is 2. The van der Waals surface area contributed by atoms with Crippen LogP contribution in [0.25, 0.3) is 5.69 Å². The molecule has 187 valence electrons. The fraction of sp³-hybridized carbons (Fsp3) is 0.158. The van der Waals surface area contributed by atoms with Gasteiger partial charge in [0.1, 0.15) is 16.8 Å². The Bertz CT molecular complexity index is 1240. The van der Waals surface area contributed by atoms with Crippen LogP contribution in [-0.4, -0.2) is 20.7 Å². The molecule has 4 nitrogen and oxygen atoms in total. The van der Waals surface area contributed by atoms with Crippen molar-refractivity contribution >= 4 is 5.78 Å². The van der Waals surface area contributed by atoms with Gasteiger partial charge in [-0.25, -0.2) is 17.6 Å². The molecular formula is C19H8CuF10N2O2. The minimum Gasteiger partial charge on any atom is -0.493 e. The van der Waals surface area contributed by atoms with E-state index >= 15 is 0 Å². The molecule has 0 amide bonds. The van der Waals surface area contributed by atoms with E-state index in [4.69, 9.17) is 0 Å². The van der Waals surface area contributed by atoms with Crippen molar-refractivity contribution in [2.75, 3.05) is 0 Å². The Kier molecular flexibility index (Phi) is 7.15.